The number of halogens is 1. The number of nitrogens with zero attached hydrogens (tertiary/aromatic N) is 1. The van der Waals surface area contributed by atoms with Crippen LogP contribution in [0, 0.1) is 0 Å². The van der Waals surface area contributed by atoms with Crippen LogP contribution >= 0.6 is 15.9 Å². The summed E-state index contributed by atoms with van der Waals surface area (Å²) in [7, 11) is 0. The van der Waals surface area contributed by atoms with Crippen molar-refractivity contribution in [2.75, 3.05) is 26.3 Å². The van der Waals surface area contributed by atoms with E-state index in [1.54, 1.807) is 35.3 Å². The first-order valence-electron chi connectivity index (χ1n) is 8.27. The largest absolute Gasteiger partial charge is 0.490 e. The van der Waals surface area contributed by atoms with E-state index in [2.05, 4.69) is 29.1 Å². The summed E-state index contributed by atoms with van der Waals surface area (Å²) < 4.78 is 12.0. The number of hydrogen-bond donors (Lipinski definition) is 0. The van der Waals surface area contributed by atoms with Gasteiger partial charge in [-0.1, -0.05) is 30.4 Å². The molecule has 0 N–H and O–H groups in total. The summed E-state index contributed by atoms with van der Waals surface area (Å²) in [5, 5.41) is 0. The van der Waals surface area contributed by atoms with E-state index in [4.69, 9.17) is 9.47 Å². The zero-order chi connectivity index (χ0) is 18.8. The van der Waals surface area contributed by atoms with Crippen molar-refractivity contribution in [1.29, 1.82) is 0 Å². The van der Waals surface area contributed by atoms with Crippen LogP contribution in [0.4, 0.5) is 0 Å². The highest BCUT2D eigenvalue weighted by atomic mass is 79.9. The van der Waals surface area contributed by atoms with Crippen molar-refractivity contribution in [3.63, 3.8) is 0 Å². The first kappa shape index (κ1) is 19.8. The minimum absolute atomic E-state index is 0.0792. The van der Waals surface area contributed by atoms with Gasteiger partial charge in [0.25, 0.3) is 5.91 Å². The van der Waals surface area contributed by atoms with E-state index < -0.39 is 0 Å². The summed E-state index contributed by atoms with van der Waals surface area (Å²) in [5.74, 6) is 1.39. The molecule has 0 fully saturated rings. The van der Waals surface area contributed by atoms with Gasteiger partial charge in [-0.05, 0) is 46.3 Å². The lowest BCUT2D eigenvalue weighted by atomic mass is 10.2. The van der Waals surface area contributed by atoms with Crippen molar-refractivity contribution >= 4 is 21.8 Å². The van der Waals surface area contributed by atoms with Gasteiger partial charge in [0.1, 0.15) is 24.7 Å². The Morgan fingerprint density at radius 2 is 1.65 bits per heavy atom. The van der Waals surface area contributed by atoms with Crippen LogP contribution in [0.15, 0.2) is 78.3 Å². The van der Waals surface area contributed by atoms with Gasteiger partial charge in [-0.2, -0.15) is 0 Å². The number of rotatable bonds is 10. The zero-order valence-electron chi connectivity index (χ0n) is 14.6. The predicted molar refractivity (Wildman–Crippen MR) is 108 cm³/mol. The number of carbonyl (C=O) groups is 1. The predicted octanol–water partition coefficient (Wildman–Crippen LogP) is 4.72. The molecule has 5 heteroatoms. The molecule has 0 spiro atoms. The van der Waals surface area contributed by atoms with E-state index >= 15 is 0 Å². The van der Waals surface area contributed by atoms with E-state index in [0.29, 0.717) is 37.6 Å². The molecule has 0 aromatic heterocycles. The van der Waals surface area contributed by atoms with Gasteiger partial charge in [-0.3, -0.25) is 4.79 Å². The number of carbonyl (C=O) groups excluding carboxylic acids is 1. The van der Waals surface area contributed by atoms with Gasteiger partial charge in [-0.25, -0.2) is 0 Å². The normalized spacial score (nSPS) is 10.0. The smallest absolute Gasteiger partial charge is 0.254 e. The maximum Gasteiger partial charge on any atom is 0.254 e. The lowest BCUT2D eigenvalue weighted by Gasteiger charge is -2.19. The average Bonchev–Trinajstić information content (AvgIpc) is 2.66. The quantitative estimate of drug-likeness (QED) is 0.416. The fraction of sp³-hybridized carbons (Fsp3) is 0.190. The lowest BCUT2D eigenvalue weighted by Crippen LogP contribution is -2.31. The summed E-state index contributed by atoms with van der Waals surface area (Å²) in [6, 6.07) is 14.9. The van der Waals surface area contributed by atoms with Gasteiger partial charge in [0.2, 0.25) is 0 Å². The summed E-state index contributed by atoms with van der Waals surface area (Å²) in [4.78, 5) is 14.2. The maximum atomic E-state index is 12.6. The average molecular weight is 416 g/mol. The summed E-state index contributed by atoms with van der Waals surface area (Å²) in [6.07, 6.45) is 3.39. The molecule has 1 amide bonds. The van der Waals surface area contributed by atoms with Gasteiger partial charge < -0.3 is 14.4 Å². The van der Waals surface area contributed by atoms with Crippen LogP contribution in [-0.2, 0) is 0 Å². The van der Waals surface area contributed by atoms with Gasteiger partial charge >= 0.3 is 0 Å². The molecule has 0 bridgehead atoms. The summed E-state index contributed by atoms with van der Waals surface area (Å²) in [6.45, 7) is 9.15. The topological polar surface area (TPSA) is 38.8 Å². The third-order valence-electron chi connectivity index (χ3n) is 3.52. The Kier molecular flexibility index (Phi) is 7.96. The molecule has 0 radical (unpaired) electrons. The summed E-state index contributed by atoms with van der Waals surface area (Å²) >= 11 is 3.46. The Morgan fingerprint density at radius 1 is 1.00 bits per heavy atom. The number of amides is 1. The Balaban J connectivity index is 1.92. The molecular weight excluding hydrogens is 394 g/mol. The Morgan fingerprint density at radius 3 is 2.27 bits per heavy atom. The third-order valence-corrected chi connectivity index (χ3v) is 4.14. The van der Waals surface area contributed by atoms with Crippen LogP contribution in [0.2, 0.25) is 0 Å². The zero-order valence-corrected chi connectivity index (χ0v) is 16.2. The lowest BCUT2D eigenvalue weighted by molar-refractivity contribution is 0.0790. The highest BCUT2D eigenvalue weighted by Gasteiger charge is 2.15. The van der Waals surface area contributed by atoms with Crippen LogP contribution in [0.3, 0.4) is 0 Å². The Labute approximate surface area is 162 Å². The van der Waals surface area contributed by atoms with Gasteiger partial charge in [-0.15, -0.1) is 13.2 Å². The molecule has 0 saturated carbocycles. The number of ether oxygens (including phenoxy) is 2. The van der Waals surface area contributed by atoms with Crippen LogP contribution in [0.25, 0.3) is 0 Å². The molecule has 26 heavy (non-hydrogen) atoms. The number of hydrogen-bond acceptors (Lipinski definition) is 3. The molecule has 2 aromatic carbocycles. The molecule has 0 aliphatic rings. The fourth-order valence-corrected chi connectivity index (χ4v) is 2.81. The van der Waals surface area contributed by atoms with Crippen LogP contribution in [0.1, 0.15) is 10.4 Å². The molecule has 0 aliphatic carbocycles. The Bertz CT molecular complexity index is 736. The Hall–Kier alpha value is -2.53. The third kappa shape index (κ3) is 5.77. The SMILES string of the molecule is C=CCN(CC=C)C(=O)c1ccc(OCCOc2ccccc2)c(Br)c1. The minimum atomic E-state index is -0.0792. The van der Waals surface area contributed by atoms with Crippen molar-refractivity contribution in [3.8, 4) is 11.5 Å². The second-order valence-corrected chi connectivity index (χ2v) is 6.30. The second-order valence-electron chi connectivity index (χ2n) is 5.44. The van der Waals surface area contributed by atoms with Gasteiger partial charge in [0, 0.05) is 18.7 Å². The number of benzene rings is 2. The molecular formula is C21H22BrNO3. The van der Waals surface area contributed by atoms with E-state index in [-0.39, 0.29) is 5.91 Å². The number of para-hydroxylation sites is 1. The van der Waals surface area contributed by atoms with Gasteiger partial charge in [0.15, 0.2) is 0 Å². The van der Waals surface area contributed by atoms with E-state index in [0.717, 1.165) is 10.2 Å². The molecule has 0 heterocycles. The summed E-state index contributed by atoms with van der Waals surface area (Å²) in [5.41, 5.74) is 0.577. The van der Waals surface area contributed by atoms with E-state index in [9.17, 15) is 4.79 Å². The standard InChI is InChI=1S/C21H22BrNO3/c1-3-12-23(13-4-2)21(24)17-10-11-20(19(22)16-17)26-15-14-25-18-8-6-5-7-9-18/h3-11,16H,1-2,12-15H2. The molecule has 2 rings (SSSR count). The first-order chi connectivity index (χ1) is 12.7. The van der Waals surface area contributed by atoms with Crippen molar-refractivity contribution in [1.82, 2.24) is 4.90 Å². The molecule has 0 aliphatic heterocycles. The molecule has 0 saturated heterocycles. The molecule has 0 atom stereocenters. The fourth-order valence-electron chi connectivity index (χ4n) is 2.31. The maximum absolute atomic E-state index is 12.6. The van der Waals surface area contributed by atoms with Crippen molar-refractivity contribution in [3.05, 3.63) is 83.9 Å². The monoisotopic (exact) mass is 415 g/mol. The van der Waals surface area contributed by atoms with E-state index in [1.807, 2.05) is 30.3 Å². The molecule has 2 aromatic rings. The minimum Gasteiger partial charge on any atom is -0.490 e. The van der Waals surface area contributed by atoms with Gasteiger partial charge in [0.05, 0.1) is 4.47 Å². The molecule has 4 nitrogen and oxygen atoms in total. The first-order valence-corrected chi connectivity index (χ1v) is 9.06. The highest BCUT2D eigenvalue weighted by molar-refractivity contribution is 9.10. The van der Waals surface area contributed by atoms with Crippen molar-refractivity contribution in [2.24, 2.45) is 0 Å². The molecule has 0 unspecified atom stereocenters. The van der Waals surface area contributed by atoms with Crippen LogP contribution in [0.5, 0.6) is 11.5 Å². The van der Waals surface area contributed by atoms with Crippen LogP contribution in [-0.4, -0.2) is 37.1 Å². The van der Waals surface area contributed by atoms with Crippen LogP contribution < -0.4 is 9.47 Å². The second kappa shape index (κ2) is 10.5. The van der Waals surface area contributed by atoms with Crippen molar-refractivity contribution < 1.29 is 14.3 Å². The highest BCUT2D eigenvalue weighted by Crippen LogP contribution is 2.26. The van der Waals surface area contributed by atoms with Crippen molar-refractivity contribution in [2.45, 2.75) is 0 Å². The molecule has 136 valence electrons. The van der Waals surface area contributed by atoms with E-state index in [1.165, 1.54) is 0 Å².